The lowest BCUT2D eigenvalue weighted by Crippen LogP contribution is -2.57. The average Bonchev–Trinajstić information content (AvgIpc) is 3.86. The second kappa shape index (κ2) is 34.1. The molecular weight excluding hydrogens is 993 g/mol. The lowest BCUT2D eigenvalue weighted by Gasteiger charge is -2.58. The van der Waals surface area contributed by atoms with Gasteiger partial charge >= 0.3 is 0 Å². The summed E-state index contributed by atoms with van der Waals surface area (Å²) in [5, 5.41) is 26.1. The quantitative estimate of drug-likeness (QED) is 0.0312. The summed E-state index contributed by atoms with van der Waals surface area (Å²) in [5.74, 6) is 0.583. The summed E-state index contributed by atoms with van der Waals surface area (Å²) in [6.07, 6.45) is 10.00. The third kappa shape index (κ3) is 22.5. The maximum atomic E-state index is 14.1. The van der Waals surface area contributed by atoms with Crippen LogP contribution in [0.15, 0.2) is 60.8 Å². The van der Waals surface area contributed by atoms with Gasteiger partial charge in [-0.2, -0.15) is 0 Å². The number of unbranched alkanes of at least 4 members (excludes halogenated alkanes) is 1. The zero-order chi connectivity index (χ0) is 54.6. The van der Waals surface area contributed by atoms with E-state index in [-0.39, 0.29) is 48.2 Å². The number of aromatic nitrogens is 3. The van der Waals surface area contributed by atoms with E-state index < -0.39 is 5.92 Å². The number of benzene rings is 2. The van der Waals surface area contributed by atoms with Crippen LogP contribution < -0.4 is 9.47 Å². The van der Waals surface area contributed by atoms with E-state index >= 15 is 0 Å². The van der Waals surface area contributed by atoms with Gasteiger partial charge in [0.05, 0.1) is 124 Å². The molecule has 3 aliphatic carbocycles. The Morgan fingerprint density at radius 2 is 1.26 bits per heavy atom. The van der Waals surface area contributed by atoms with Gasteiger partial charge in [-0.25, -0.2) is 13.5 Å². The summed E-state index contributed by atoms with van der Waals surface area (Å²) in [6.45, 7) is 16.7. The van der Waals surface area contributed by atoms with Crippen LogP contribution in [0.1, 0.15) is 109 Å². The first-order valence-electron chi connectivity index (χ1n) is 28.4. The molecule has 2 unspecified atom stereocenters. The molecular formula is C58H91F2N7O10. The zero-order valence-electron chi connectivity index (χ0n) is 46.7. The summed E-state index contributed by atoms with van der Waals surface area (Å²) in [7, 11) is 2.10. The van der Waals surface area contributed by atoms with Crippen LogP contribution in [0.2, 0.25) is 0 Å². The molecule has 2 atom stereocenters. The Kier molecular flexibility index (Phi) is 27.4. The molecule has 1 spiro atoms. The molecule has 3 aromatic rings. The first-order chi connectivity index (χ1) is 37.4. The van der Waals surface area contributed by atoms with Crippen LogP contribution in [0.4, 0.5) is 8.78 Å². The summed E-state index contributed by atoms with van der Waals surface area (Å²) >= 11 is 0. The van der Waals surface area contributed by atoms with Crippen LogP contribution in [0.3, 0.4) is 0 Å². The Morgan fingerprint density at radius 3 is 1.84 bits per heavy atom. The number of hydrogen-bond donors (Lipinski definition) is 2. The zero-order valence-corrected chi connectivity index (χ0v) is 46.7. The minimum Gasteiger partial charge on any atom is -0.491 e. The van der Waals surface area contributed by atoms with Crippen LogP contribution in [-0.2, 0) is 51.0 Å². The number of likely N-dealkylation sites (N-methyl/N-ethyl adjacent to an activating group) is 1. The maximum Gasteiger partial charge on any atom is 0.248 e. The van der Waals surface area contributed by atoms with Crippen LogP contribution in [0.5, 0.6) is 11.5 Å². The second-order valence-electron chi connectivity index (χ2n) is 21.2. The van der Waals surface area contributed by atoms with Gasteiger partial charge < -0.3 is 57.2 Å². The van der Waals surface area contributed by atoms with Crippen LogP contribution in [0, 0.1) is 28.1 Å². The molecule has 1 aromatic heterocycles. The van der Waals surface area contributed by atoms with Gasteiger partial charge in [0.25, 0.3) is 0 Å². The molecule has 19 heteroatoms. The van der Waals surface area contributed by atoms with Gasteiger partial charge in [0.15, 0.2) is 0 Å². The molecule has 3 saturated carbocycles. The minimum atomic E-state index is -2.54. The molecule has 3 aliphatic rings. The Morgan fingerprint density at radius 1 is 0.714 bits per heavy atom. The van der Waals surface area contributed by atoms with Gasteiger partial charge in [-0.15, -0.1) is 5.10 Å². The van der Waals surface area contributed by atoms with Crippen molar-refractivity contribution in [3.8, 4) is 11.5 Å². The minimum absolute atomic E-state index is 0.0272. The van der Waals surface area contributed by atoms with Crippen LogP contribution >= 0.6 is 0 Å². The van der Waals surface area contributed by atoms with Crippen molar-refractivity contribution >= 4 is 11.7 Å². The molecule has 77 heavy (non-hydrogen) atoms. The SMILES string of the molecule is CCCCOCCOCCOCCOCCn1cc(COCCOCCOCCOCCOc2ccc(OC3CC4(C3)CC(C(=N)N(C(C)=N)C(C)CN(C)CCC(c3ccccc3)C3CCC(F)(F)CC3)C4)cc2)nn1. The number of nitrogens with zero attached hydrogens (tertiary/aromatic N) is 5. The molecule has 1 heterocycles. The highest BCUT2D eigenvalue weighted by atomic mass is 19.3. The van der Waals surface area contributed by atoms with E-state index in [2.05, 4.69) is 48.2 Å². The number of amidine groups is 2. The van der Waals surface area contributed by atoms with E-state index in [4.69, 9.17) is 52.8 Å². The molecule has 17 nitrogen and oxygen atoms in total. The van der Waals surface area contributed by atoms with Crippen molar-refractivity contribution in [2.45, 2.75) is 129 Å². The number of ether oxygens (including phenoxy) is 10. The highest BCUT2D eigenvalue weighted by Crippen LogP contribution is 2.60. The lowest BCUT2D eigenvalue weighted by molar-refractivity contribution is -0.0857. The molecule has 0 radical (unpaired) electrons. The van der Waals surface area contributed by atoms with Crippen molar-refractivity contribution in [1.82, 2.24) is 24.8 Å². The number of hydrogen-bond acceptors (Lipinski definition) is 15. The van der Waals surface area contributed by atoms with Gasteiger partial charge in [0.1, 0.15) is 29.6 Å². The molecule has 0 amide bonds. The molecule has 2 N–H and O–H groups in total. The largest absolute Gasteiger partial charge is 0.491 e. The van der Waals surface area contributed by atoms with E-state index in [9.17, 15) is 14.2 Å². The van der Waals surface area contributed by atoms with Gasteiger partial charge in [0.2, 0.25) is 5.92 Å². The fraction of sp³-hybridized carbons (Fsp3) is 0.724. The Labute approximate surface area is 457 Å². The predicted molar refractivity (Wildman–Crippen MR) is 292 cm³/mol. The van der Waals surface area contributed by atoms with Crippen LogP contribution in [-0.4, -0.2) is 180 Å². The van der Waals surface area contributed by atoms with Gasteiger partial charge in [-0.05, 0) is 126 Å². The maximum absolute atomic E-state index is 14.1. The highest BCUT2D eigenvalue weighted by Gasteiger charge is 2.55. The van der Waals surface area contributed by atoms with E-state index in [0.717, 1.165) is 75.3 Å². The fourth-order valence-corrected chi connectivity index (χ4v) is 10.8. The Balaban J connectivity index is 0.718. The Hall–Kier alpha value is -4.18. The molecule has 432 valence electrons. The van der Waals surface area contributed by atoms with E-state index in [1.807, 2.05) is 53.6 Å². The van der Waals surface area contributed by atoms with Crippen LogP contribution in [0.25, 0.3) is 0 Å². The number of alkyl halides is 2. The summed E-state index contributed by atoms with van der Waals surface area (Å²) < 4.78 is 86.7. The van der Waals surface area contributed by atoms with E-state index in [1.54, 1.807) is 11.6 Å². The Bertz CT molecular complexity index is 2070. The smallest absolute Gasteiger partial charge is 0.248 e. The van der Waals surface area contributed by atoms with E-state index in [1.165, 1.54) is 5.56 Å². The highest BCUT2D eigenvalue weighted by molar-refractivity contribution is 5.98. The fourth-order valence-electron chi connectivity index (χ4n) is 10.8. The summed E-state index contributed by atoms with van der Waals surface area (Å²) in [6, 6.07) is 18.1. The standard InChI is InChI=1S/C58H91F2N7O10/c1-5-6-23-68-25-27-70-29-30-71-28-26-69-24-22-66-44-51(63-64-66)45-75-36-35-73-32-31-72-33-34-74-37-38-76-52-12-14-53(15-13-52)77-54-41-57(42-54)39-50(40-57)56(62)67(47(3)61)46(2)43-65(4)21-18-55(48-10-8-7-9-11-48)49-16-19-58(59,60)20-17-49/h7-15,44,46,49-50,54-55,61-62H,5-6,16-43,45H2,1-4H3. The number of nitrogens with one attached hydrogen (secondary N) is 2. The van der Waals surface area contributed by atoms with Crippen molar-refractivity contribution in [3.05, 3.63) is 72.1 Å². The van der Waals surface area contributed by atoms with Crippen molar-refractivity contribution in [2.24, 2.45) is 17.3 Å². The molecule has 6 rings (SSSR count). The van der Waals surface area contributed by atoms with Crippen molar-refractivity contribution in [3.63, 3.8) is 0 Å². The molecule has 3 fully saturated rings. The number of halogens is 2. The number of rotatable bonds is 41. The predicted octanol–water partition coefficient (Wildman–Crippen LogP) is 9.32. The normalized spacial score (nSPS) is 19.9. The third-order valence-electron chi connectivity index (χ3n) is 14.9. The average molecular weight is 1080 g/mol. The van der Waals surface area contributed by atoms with Crippen molar-refractivity contribution in [2.75, 3.05) is 126 Å². The van der Waals surface area contributed by atoms with Crippen molar-refractivity contribution < 1.29 is 56.1 Å². The molecule has 2 aromatic carbocycles. The first kappa shape index (κ1) is 62.0. The molecule has 0 saturated heterocycles. The van der Waals surface area contributed by atoms with Gasteiger partial charge in [-0.1, -0.05) is 48.9 Å². The molecule has 0 aliphatic heterocycles. The first-order valence-corrected chi connectivity index (χ1v) is 28.4. The van der Waals surface area contributed by atoms with Crippen molar-refractivity contribution in [1.29, 1.82) is 10.8 Å². The summed E-state index contributed by atoms with van der Waals surface area (Å²) in [4.78, 5) is 4.19. The van der Waals surface area contributed by atoms with Gasteiger partial charge in [0, 0.05) is 38.0 Å². The van der Waals surface area contributed by atoms with Gasteiger partial charge in [-0.3, -0.25) is 10.8 Å². The lowest BCUT2D eigenvalue weighted by atomic mass is 9.50. The summed E-state index contributed by atoms with van der Waals surface area (Å²) in [5.41, 5.74) is 2.19. The third-order valence-corrected chi connectivity index (χ3v) is 14.9. The second-order valence-corrected chi connectivity index (χ2v) is 21.2. The molecule has 0 bridgehead atoms. The monoisotopic (exact) mass is 1080 g/mol. The van der Waals surface area contributed by atoms with E-state index in [0.29, 0.717) is 143 Å². The topological polar surface area (TPSA) is 177 Å².